The van der Waals surface area contributed by atoms with E-state index in [1.54, 1.807) is 24.3 Å². The molecule has 2 rings (SSSR count). The molecule has 1 aromatic heterocycles. The zero-order chi connectivity index (χ0) is 17.5. The number of hydrogen-bond acceptors (Lipinski definition) is 4. The monoisotopic (exact) mass is 351 g/mol. The maximum Gasteiger partial charge on any atom is 0.290 e. The van der Waals surface area contributed by atoms with Gasteiger partial charge < -0.3 is 10.6 Å². The van der Waals surface area contributed by atoms with Crippen LogP contribution in [0.3, 0.4) is 0 Å². The average molecular weight is 351 g/mol. The van der Waals surface area contributed by atoms with Crippen molar-refractivity contribution in [2.45, 2.75) is 24.3 Å². The number of benzene rings is 1. The molecule has 2 N–H and O–H groups in total. The molecule has 2 amide bonds. The molecule has 0 fully saturated rings. The third kappa shape index (κ3) is 5.31. The average Bonchev–Trinajstić information content (AvgIpc) is 2.53. The highest BCUT2D eigenvalue weighted by Gasteiger charge is 2.16. The predicted molar refractivity (Wildman–Crippen MR) is 88.0 cm³/mol. The quantitative estimate of drug-likeness (QED) is 0.784. The van der Waals surface area contributed by atoms with Gasteiger partial charge in [0.25, 0.3) is 11.7 Å². The number of carbonyl (C=O) groups excluding carboxylic acids is 2. The second-order valence-electron chi connectivity index (χ2n) is 4.80. The Balaban J connectivity index is 1.99. The number of nitrogens with zero attached hydrogens (tertiary/aromatic N) is 1. The van der Waals surface area contributed by atoms with E-state index < -0.39 is 11.7 Å². The Bertz CT molecular complexity index is 724. The third-order valence-corrected chi connectivity index (χ3v) is 3.67. The van der Waals surface area contributed by atoms with Gasteiger partial charge >= 0.3 is 0 Å². The summed E-state index contributed by atoms with van der Waals surface area (Å²) < 4.78 is 25.0. The van der Waals surface area contributed by atoms with E-state index in [2.05, 4.69) is 15.6 Å². The Hall–Kier alpha value is -2.48. The van der Waals surface area contributed by atoms with Gasteiger partial charge in [0.1, 0.15) is 5.03 Å². The van der Waals surface area contributed by atoms with Gasteiger partial charge in [-0.1, -0.05) is 12.1 Å². The maximum atomic E-state index is 12.5. The number of halogens is 2. The minimum atomic E-state index is -2.65. The lowest BCUT2D eigenvalue weighted by Crippen LogP contribution is -2.23. The number of thioether (sulfide) groups is 1. The van der Waals surface area contributed by atoms with Gasteiger partial charge in [-0.3, -0.25) is 9.59 Å². The van der Waals surface area contributed by atoms with Crippen LogP contribution in [-0.4, -0.2) is 22.6 Å². The summed E-state index contributed by atoms with van der Waals surface area (Å²) >= 11 is 0.237. The van der Waals surface area contributed by atoms with Gasteiger partial charge in [-0.2, -0.15) is 8.78 Å². The molecule has 24 heavy (non-hydrogen) atoms. The number of alkyl halides is 2. The first kappa shape index (κ1) is 17.9. The van der Waals surface area contributed by atoms with Crippen molar-refractivity contribution in [3.8, 4) is 0 Å². The van der Waals surface area contributed by atoms with Gasteiger partial charge in [0.2, 0.25) is 5.91 Å². The van der Waals surface area contributed by atoms with E-state index in [0.29, 0.717) is 5.69 Å². The Kier molecular flexibility index (Phi) is 6.25. The van der Waals surface area contributed by atoms with Crippen molar-refractivity contribution in [3.05, 3.63) is 53.7 Å². The van der Waals surface area contributed by atoms with Crippen molar-refractivity contribution in [3.63, 3.8) is 0 Å². The van der Waals surface area contributed by atoms with E-state index in [9.17, 15) is 18.4 Å². The number of rotatable bonds is 6. The molecular weight excluding hydrogens is 336 g/mol. The fraction of sp³-hybridized carbons (Fsp3) is 0.188. The molecule has 0 aliphatic rings. The topological polar surface area (TPSA) is 71.1 Å². The SMILES string of the molecule is CC(=O)Nc1ccc(CNC(=O)c2cccnc2SC(F)F)cc1. The molecule has 8 heteroatoms. The van der Waals surface area contributed by atoms with E-state index in [-0.39, 0.29) is 34.8 Å². The molecule has 0 saturated heterocycles. The van der Waals surface area contributed by atoms with Gasteiger partial charge in [-0.15, -0.1) is 0 Å². The Morgan fingerprint density at radius 1 is 1.21 bits per heavy atom. The zero-order valence-electron chi connectivity index (χ0n) is 12.8. The minimum absolute atomic E-state index is 0.00833. The first-order valence-electron chi connectivity index (χ1n) is 7.00. The maximum absolute atomic E-state index is 12.5. The predicted octanol–water partition coefficient (Wildman–Crippen LogP) is 3.28. The van der Waals surface area contributed by atoms with Crippen LogP contribution in [0.4, 0.5) is 14.5 Å². The Morgan fingerprint density at radius 2 is 1.92 bits per heavy atom. The number of anilines is 1. The molecule has 1 aromatic carbocycles. The Morgan fingerprint density at radius 3 is 2.54 bits per heavy atom. The summed E-state index contributed by atoms with van der Waals surface area (Å²) in [6.07, 6.45) is 1.36. The molecule has 0 unspecified atom stereocenters. The van der Waals surface area contributed by atoms with Crippen LogP contribution < -0.4 is 10.6 Å². The van der Waals surface area contributed by atoms with Crippen LogP contribution in [-0.2, 0) is 11.3 Å². The van der Waals surface area contributed by atoms with Crippen LogP contribution in [0.15, 0.2) is 47.6 Å². The minimum Gasteiger partial charge on any atom is -0.348 e. The van der Waals surface area contributed by atoms with Gasteiger partial charge in [-0.25, -0.2) is 4.98 Å². The van der Waals surface area contributed by atoms with Crippen molar-refractivity contribution in [2.75, 3.05) is 5.32 Å². The van der Waals surface area contributed by atoms with Crippen LogP contribution in [0.5, 0.6) is 0 Å². The van der Waals surface area contributed by atoms with Gasteiger partial charge in [0.15, 0.2) is 0 Å². The number of nitrogens with one attached hydrogen (secondary N) is 2. The standard InChI is InChI=1S/C16H15F2N3O2S/c1-10(22)21-12-6-4-11(5-7-12)9-20-14(23)13-3-2-8-19-15(13)24-16(17)18/h2-8,16H,9H2,1H3,(H,20,23)(H,21,22). The number of hydrogen-bond donors (Lipinski definition) is 2. The molecule has 0 bridgehead atoms. The highest BCUT2D eigenvalue weighted by atomic mass is 32.2. The first-order chi connectivity index (χ1) is 11.5. The van der Waals surface area contributed by atoms with Crippen molar-refractivity contribution >= 4 is 29.3 Å². The molecule has 0 atom stereocenters. The highest BCUT2D eigenvalue weighted by Crippen LogP contribution is 2.26. The van der Waals surface area contributed by atoms with Crippen LogP contribution in [0.25, 0.3) is 0 Å². The van der Waals surface area contributed by atoms with E-state index in [1.807, 2.05) is 0 Å². The van der Waals surface area contributed by atoms with E-state index in [1.165, 1.54) is 25.3 Å². The molecular formula is C16H15F2N3O2S. The molecule has 5 nitrogen and oxygen atoms in total. The molecule has 1 heterocycles. The fourth-order valence-electron chi connectivity index (χ4n) is 1.93. The second-order valence-corrected chi connectivity index (χ2v) is 5.77. The smallest absolute Gasteiger partial charge is 0.290 e. The second kappa shape index (κ2) is 8.39. The number of pyridine rings is 1. The summed E-state index contributed by atoms with van der Waals surface area (Å²) in [6, 6.07) is 9.91. The molecule has 0 spiro atoms. The molecule has 0 saturated carbocycles. The lowest BCUT2D eigenvalue weighted by atomic mass is 10.2. The van der Waals surface area contributed by atoms with Crippen molar-refractivity contribution < 1.29 is 18.4 Å². The van der Waals surface area contributed by atoms with Crippen molar-refractivity contribution in [1.82, 2.24) is 10.3 Å². The summed E-state index contributed by atoms with van der Waals surface area (Å²) in [7, 11) is 0. The van der Waals surface area contributed by atoms with Crippen LogP contribution >= 0.6 is 11.8 Å². The highest BCUT2D eigenvalue weighted by molar-refractivity contribution is 7.99. The van der Waals surface area contributed by atoms with E-state index in [0.717, 1.165) is 5.56 Å². The molecule has 2 aromatic rings. The number of aromatic nitrogens is 1. The van der Waals surface area contributed by atoms with E-state index in [4.69, 9.17) is 0 Å². The molecule has 0 aliphatic carbocycles. The summed E-state index contributed by atoms with van der Waals surface area (Å²) in [6.45, 7) is 1.64. The fourth-order valence-corrected chi connectivity index (χ4v) is 2.51. The summed E-state index contributed by atoms with van der Waals surface area (Å²) in [5.74, 6) is -3.29. The third-order valence-electron chi connectivity index (χ3n) is 2.94. The summed E-state index contributed by atoms with van der Waals surface area (Å²) in [5.41, 5.74) is 1.57. The van der Waals surface area contributed by atoms with Crippen molar-refractivity contribution in [2.24, 2.45) is 0 Å². The molecule has 0 aliphatic heterocycles. The van der Waals surface area contributed by atoms with Crippen LogP contribution in [0.2, 0.25) is 0 Å². The van der Waals surface area contributed by atoms with Gasteiger partial charge in [-0.05, 0) is 41.6 Å². The first-order valence-corrected chi connectivity index (χ1v) is 7.88. The Labute approximate surface area is 141 Å². The lowest BCUT2D eigenvalue weighted by molar-refractivity contribution is -0.114. The van der Waals surface area contributed by atoms with Crippen LogP contribution in [0.1, 0.15) is 22.8 Å². The van der Waals surface area contributed by atoms with Gasteiger partial charge in [0.05, 0.1) is 5.56 Å². The van der Waals surface area contributed by atoms with E-state index >= 15 is 0 Å². The van der Waals surface area contributed by atoms with Crippen molar-refractivity contribution in [1.29, 1.82) is 0 Å². The zero-order valence-corrected chi connectivity index (χ0v) is 13.6. The van der Waals surface area contributed by atoms with Gasteiger partial charge in [0, 0.05) is 25.4 Å². The molecule has 0 radical (unpaired) electrons. The largest absolute Gasteiger partial charge is 0.348 e. The number of carbonyl (C=O) groups is 2. The number of amides is 2. The lowest BCUT2D eigenvalue weighted by Gasteiger charge is -2.09. The molecule has 126 valence electrons. The summed E-state index contributed by atoms with van der Waals surface area (Å²) in [4.78, 5) is 26.9. The normalized spacial score (nSPS) is 10.5. The summed E-state index contributed by atoms with van der Waals surface area (Å²) in [5, 5.41) is 5.30. The van der Waals surface area contributed by atoms with Crippen LogP contribution in [0, 0.1) is 0 Å².